The maximum atomic E-state index is 13.8. The molecule has 6 heteroatoms. The van der Waals surface area contributed by atoms with E-state index in [2.05, 4.69) is 5.32 Å². The Bertz CT molecular complexity index is 666. The van der Waals surface area contributed by atoms with Crippen molar-refractivity contribution in [1.82, 2.24) is 5.32 Å². The van der Waals surface area contributed by atoms with Gasteiger partial charge in [0, 0.05) is 23.3 Å². The minimum atomic E-state index is -2.80. The van der Waals surface area contributed by atoms with Gasteiger partial charge >= 0.3 is 5.97 Å². The highest BCUT2D eigenvalue weighted by atomic mass is 32.2. The number of carbonyl (C=O) groups is 1. The lowest BCUT2D eigenvalue weighted by molar-refractivity contribution is -0.139. The lowest BCUT2D eigenvalue weighted by atomic mass is 10.2. The number of aliphatic carboxylic acids is 1. The van der Waals surface area contributed by atoms with E-state index in [-0.39, 0.29) is 0 Å². The number of carboxylic acids is 1. The van der Waals surface area contributed by atoms with Gasteiger partial charge in [0.05, 0.1) is 0 Å². The van der Waals surface area contributed by atoms with E-state index in [0.29, 0.717) is 19.1 Å². The van der Waals surface area contributed by atoms with Crippen LogP contribution in [0.1, 0.15) is 6.42 Å². The van der Waals surface area contributed by atoms with E-state index in [4.69, 9.17) is 0 Å². The Morgan fingerprint density at radius 3 is 2.04 bits per heavy atom. The third-order valence-electron chi connectivity index (χ3n) is 4.07. The van der Waals surface area contributed by atoms with Gasteiger partial charge in [0.25, 0.3) is 0 Å². The smallest absolute Gasteiger partial charge is 0.320 e. The Morgan fingerprint density at radius 1 is 1.08 bits per heavy atom. The van der Waals surface area contributed by atoms with Crippen molar-refractivity contribution >= 4 is 35.5 Å². The molecule has 0 fully saturated rings. The van der Waals surface area contributed by atoms with Crippen molar-refractivity contribution in [3.63, 3.8) is 0 Å². The number of benzene rings is 2. The summed E-state index contributed by atoms with van der Waals surface area (Å²) in [7, 11) is -2.80. The number of hydrogen-bond acceptors (Lipinski definition) is 4. The van der Waals surface area contributed by atoms with E-state index in [1.165, 1.54) is 0 Å². The molecule has 2 aromatic carbocycles. The van der Waals surface area contributed by atoms with Crippen LogP contribution >= 0.6 is 18.9 Å². The lowest BCUT2D eigenvalue weighted by Crippen LogP contribution is -2.39. The van der Waals surface area contributed by atoms with Gasteiger partial charge in [0.15, 0.2) is 0 Å². The maximum Gasteiger partial charge on any atom is 0.320 e. The van der Waals surface area contributed by atoms with Crippen LogP contribution in [0.2, 0.25) is 0 Å². The highest BCUT2D eigenvalue weighted by Crippen LogP contribution is 2.42. The quantitative estimate of drug-likeness (QED) is 0.624. The molecule has 0 aliphatic carbocycles. The fourth-order valence-corrected chi connectivity index (χ4v) is 5.73. The molecule has 0 aliphatic heterocycles. The average Bonchev–Trinajstić information content (AvgIpc) is 2.65. The van der Waals surface area contributed by atoms with Gasteiger partial charge < -0.3 is 15.0 Å². The molecule has 0 aromatic heterocycles. The molecule has 0 heterocycles. The monoisotopic (exact) mass is 377 g/mol. The van der Waals surface area contributed by atoms with Crippen molar-refractivity contribution in [2.45, 2.75) is 12.5 Å². The van der Waals surface area contributed by atoms with Crippen LogP contribution in [-0.4, -0.2) is 41.8 Å². The zero-order valence-corrected chi connectivity index (χ0v) is 16.0. The van der Waals surface area contributed by atoms with Crippen molar-refractivity contribution < 1.29 is 14.5 Å². The molecule has 0 unspecified atom stereocenters. The van der Waals surface area contributed by atoms with Crippen LogP contribution in [0.4, 0.5) is 0 Å². The molecule has 0 radical (unpaired) electrons. The molecule has 1 atom stereocenters. The Morgan fingerprint density at radius 2 is 1.60 bits per heavy atom. The molecule has 2 N–H and O–H groups in total. The highest BCUT2D eigenvalue weighted by Gasteiger charge is 2.27. The first-order chi connectivity index (χ1) is 12.1. The largest absolute Gasteiger partial charge is 0.480 e. The van der Waals surface area contributed by atoms with Crippen molar-refractivity contribution in [2.75, 3.05) is 24.7 Å². The molecular weight excluding hydrogens is 353 g/mol. The van der Waals surface area contributed by atoms with Crippen molar-refractivity contribution in [2.24, 2.45) is 0 Å². The van der Waals surface area contributed by atoms with Crippen LogP contribution in [0.25, 0.3) is 0 Å². The number of thioether (sulfide) groups is 1. The summed E-state index contributed by atoms with van der Waals surface area (Å²) in [5.41, 5.74) is 0. The van der Waals surface area contributed by atoms with Gasteiger partial charge in [-0.25, -0.2) is 0 Å². The molecule has 0 aliphatic rings. The second-order valence-corrected chi connectivity index (χ2v) is 9.71. The normalized spacial score (nSPS) is 12.7. The third-order valence-corrected chi connectivity index (χ3v) is 7.83. The van der Waals surface area contributed by atoms with Gasteiger partial charge in [-0.1, -0.05) is 60.7 Å². The van der Waals surface area contributed by atoms with Crippen molar-refractivity contribution in [3.8, 4) is 0 Å². The predicted octanol–water partition coefficient (Wildman–Crippen LogP) is 2.80. The van der Waals surface area contributed by atoms with E-state index in [1.807, 2.05) is 66.9 Å². The molecule has 0 saturated carbocycles. The molecule has 0 amide bonds. The topological polar surface area (TPSA) is 66.4 Å². The summed E-state index contributed by atoms with van der Waals surface area (Å²) in [5, 5.41) is 14.0. The summed E-state index contributed by atoms with van der Waals surface area (Å²) >= 11 is 1.62. The number of nitrogens with one attached hydrogen (secondary N) is 1. The Kier molecular flexibility index (Phi) is 7.76. The van der Waals surface area contributed by atoms with Gasteiger partial charge in [-0.15, -0.1) is 0 Å². The minimum absolute atomic E-state index is 0.393. The standard InChI is InChI=1S/C19H24NO3PS/c1-25-15-12-18(19(21)22)20-13-14-24(23,16-8-4-2-5-9-16)17-10-6-3-7-11-17/h2-11,18,20H,12-15H2,1H3,(H,21,22)/t18-/m0/s1. The summed E-state index contributed by atoms with van der Waals surface area (Å²) in [6.07, 6.45) is 2.90. The second kappa shape index (κ2) is 9.81. The van der Waals surface area contributed by atoms with Gasteiger partial charge in [0.1, 0.15) is 13.2 Å². The van der Waals surface area contributed by atoms with Gasteiger partial charge in [-0.3, -0.25) is 4.79 Å². The van der Waals surface area contributed by atoms with Gasteiger partial charge in [0.2, 0.25) is 0 Å². The molecule has 2 rings (SSSR count). The average molecular weight is 377 g/mol. The van der Waals surface area contributed by atoms with Crippen LogP contribution in [0.5, 0.6) is 0 Å². The first-order valence-electron chi connectivity index (χ1n) is 8.23. The molecule has 0 spiro atoms. The van der Waals surface area contributed by atoms with Crippen LogP contribution in [-0.2, 0) is 9.36 Å². The molecule has 0 saturated heterocycles. The van der Waals surface area contributed by atoms with Crippen LogP contribution in [0.15, 0.2) is 60.7 Å². The number of carboxylic acid groups (broad SMARTS) is 1. The van der Waals surface area contributed by atoms with Crippen molar-refractivity contribution in [1.29, 1.82) is 0 Å². The van der Waals surface area contributed by atoms with E-state index >= 15 is 0 Å². The third kappa shape index (κ3) is 5.46. The van der Waals surface area contributed by atoms with E-state index in [1.54, 1.807) is 11.8 Å². The molecule has 134 valence electrons. The molecule has 4 nitrogen and oxygen atoms in total. The van der Waals surface area contributed by atoms with Crippen LogP contribution in [0, 0.1) is 0 Å². The van der Waals surface area contributed by atoms with Gasteiger partial charge in [-0.05, 0) is 18.4 Å². The second-order valence-electron chi connectivity index (χ2n) is 5.76. The van der Waals surface area contributed by atoms with Gasteiger partial charge in [-0.2, -0.15) is 11.8 Å². The molecular formula is C19H24NO3PS. The van der Waals surface area contributed by atoms with Crippen molar-refractivity contribution in [3.05, 3.63) is 60.7 Å². The minimum Gasteiger partial charge on any atom is -0.480 e. The van der Waals surface area contributed by atoms with E-state index in [9.17, 15) is 14.5 Å². The van der Waals surface area contributed by atoms with E-state index < -0.39 is 19.2 Å². The number of rotatable bonds is 10. The molecule has 0 bridgehead atoms. The first kappa shape index (κ1) is 19.8. The fourth-order valence-electron chi connectivity index (χ4n) is 2.69. The number of hydrogen-bond donors (Lipinski definition) is 2. The van der Waals surface area contributed by atoms with E-state index in [0.717, 1.165) is 16.4 Å². The zero-order valence-electron chi connectivity index (χ0n) is 14.3. The maximum absolute atomic E-state index is 13.8. The summed E-state index contributed by atoms with van der Waals surface area (Å²) < 4.78 is 13.8. The summed E-state index contributed by atoms with van der Waals surface area (Å²) in [4.78, 5) is 11.4. The summed E-state index contributed by atoms with van der Waals surface area (Å²) in [5.74, 6) is -0.0813. The lowest BCUT2D eigenvalue weighted by Gasteiger charge is -2.21. The highest BCUT2D eigenvalue weighted by molar-refractivity contribution is 7.98. The predicted molar refractivity (Wildman–Crippen MR) is 107 cm³/mol. The Hall–Kier alpha value is -1.55. The SMILES string of the molecule is CSCC[C@H](NCCP(=O)(c1ccccc1)c1ccccc1)C(=O)O. The molecule has 2 aromatic rings. The fraction of sp³-hybridized carbons (Fsp3) is 0.316. The Labute approximate surface area is 153 Å². The summed E-state index contributed by atoms with van der Waals surface area (Å²) in [6.45, 7) is 0.395. The van der Waals surface area contributed by atoms with Crippen LogP contribution in [0.3, 0.4) is 0 Å². The first-order valence-corrected chi connectivity index (χ1v) is 11.5. The Balaban J connectivity index is 2.15. The van der Waals surface area contributed by atoms with Crippen LogP contribution < -0.4 is 15.9 Å². The molecule has 25 heavy (non-hydrogen) atoms. The zero-order chi connectivity index (χ0) is 18.1. The summed E-state index contributed by atoms with van der Waals surface area (Å²) in [6, 6.07) is 18.3.